The fourth-order valence-corrected chi connectivity index (χ4v) is 3.10. The first-order chi connectivity index (χ1) is 11.6. The molecule has 2 aromatic rings. The number of hydrogen-bond donors (Lipinski definition) is 0. The molecule has 2 aliphatic rings. The van der Waals surface area contributed by atoms with Crippen LogP contribution in [0.15, 0.2) is 58.9 Å². The maximum absolute atomic E-state index is 12.9. The van der Waals surface area contributed by atoms with E-state index in [2.05, 4.69) is 10.3 Å². The smallest absolute Gasteiger partial charge is 0.263 e. The minimum Gasteiger partial charge on any atom is -0.271 e. The number of benzene rings is 2. The van der Waals surface area contributed by atoms with Crippen LogP contribution in [0.2, 0.25) is 5.02 Å². The molecule has 0 N–H and O–H groups in total. The van der Waals surface area contributed by atoms with Gasteiger partial charge < -0.3 is 0 Å². The molecule has 2 atom stereocenters. The Morgan fingerprint density at radius 1 is 1.00 bits per heavy atom. The molecule has 0 bridgehead atoms. The summed E-state index contributed by atoms with van der Waals surface area (Å²) in [6.45, 7) is 1.86. The van der Waals surface area contributed by atoms with Crippen LogP contribution >= 0.6 is 11.6 Å². The second kappa shape index (κ2) is 5.42. The summed E-state index contributed by atoms with van der Waals surface area (Å²) in [5.74, 6) is -0.731. The molecule has 0 radical (unpaired) electrons. The van der Waals surface area contributed by atoms with E-state index in [1.165, 1.54) is 5.01 Å². The van der Waals surface area contributed by atoms with Gasteiger partial charge in [-0.3, -0.25) is 9.59 Å². The highest BCUT2D eigenvalue weighted by Gasteiger charge is 2.55. The molecule has 24 heavy (non-hydrogen) atoms. The SMILES string of the molecule is Cc1ccc(N2C(=O)C3N=NN(c4ccccc4)C3C2=O)cc1Cl. The average Bonchev–Trinajstić information content (AvgIpc) is 3.12. The summed E-state index contributed by atoms with van der Waals surface area (Å²) in [6.07, 6.45) is 0. The molecular weight excluding hydrogens is 328 g/mol. The second-order valence-corrected chi connectivity index (χ2v) is 6.13. The molecule has 0 saturated carbocycles. The number of carbonyl (C=O) groups is 2. The van der Waals surface area contributed by atoms with Crippen LogP contribution < -0.4 is 9.91 Å². The number of fused-ring (bicyclic) bond motifs is 1. The predicted octanol–water partition coefficient (Wildman–Crippen LogP) is 3.15. The van der Waals surface area contributed by atoms with Crippen molar-refractivity contribution in [1.29, 1.82) is 0 Å². The third-order valence-electron chi connectivity index (χ3n) is 4.22. The first kappa shape index (κ1) is 14.8. The van der Waals surface area contributed by atoms with Crippen LogP contribution in [-0.4, -0.2) is 23.9 Å². The third-order valence-corrected chi connectivity index (χ3v) is 4.62. The molecular formula is C17H13ClN4O2. The monoisotopic (exact) mass is 340 g/mol. The lowest BCUT2D eigenvalue weighted by Gasteiger charge is -2.20. The normalized spacial score (nSPS) is 22.4. The van der Waals surface area contributed by atoms with E-state index in [1.54, 1.807) is 18.2 Å². The maximum atomic E-state index is 12.9. The molecule has 0 aromatic heterocycles. The molecule has 6 nitrogen and oxygen atoms in total. The van der Waals surface area contributed by atoms with E-state index in [0.29, 0.717) is 10.7 Å². The number of para-hydroxylation sites is 1. The van der Waals surface area contributed by atoms with Gasteiger partial charge >= 0.3 is 0 Å². The van der Waals surface area contributed by atoms with E-state index < -0.39 is 12.1 Å². The van der Waals surface area contributed by atoms with Crippen LogP contribution in [0.1, 0.15) is 5.56 Å². The van der Waals surface area contributed by atoms with E-state index in [-0.39, 0.29) is 11.8 Å². The van der Waals surface area contributed by atoms with E-state index in [0.717, 1.165) is 16.2 Å². The summed E-state index contributed by atoms with van der Waals surface area (Å²) < 4.78 is 0. The largest absolute Gasteiger partial charge is 0.271 e. The Labute approximate surface area is 143 Å². The van der Waals surface area contributed by atoms with E-state index in [9.17, 15) is 9.59 Å². The number of imide groups is 1. The molecule has 2 amide bonds. The zero-order valence-corrected chi connectivity index (χ0v) is 13.5. The van der Waals surface area contributed by atoms with Crippen LogP contribution in [0.4, 0.5) is 11.4 Å². The lowest BCUT2D eigenvalue weighted by Crippen LogP contribution is -2.39. The minimum absolute atomic E-state index is 0.348. The van der Waals surface area contributed by atoms with Crippen LogP contribution in [0.25, 0.3) is 0 Å². The van der Waals surface area contributed by atoms with Crippen molar-refractivity contribution in [3.63, 3.8) is 0 Å². The van der Waals surface area contributed by atoms with Crippen molar-refractivity contribution in [2.45, 2.75) is 19.0 Å². The molecule has 1 saturated heterocycles. The van der Waals surface area contributed by atoms with Gasteiger partial charge in [-0.05, 0) is 36.8 Å². The highest BCUT2D eigenvalue weighted by atomic mass is 35.5. The summed E-state index contributed by atoms with van der Waals surface area (Å²) in [6, 6.07) is 12.7. The van der Waals surface area contributed by atoms with Crippen LogP contribution in [0.3, 0.4) is 0 Å². The van der Waals surface area contributed by atoms with Gasteiger partial charge in [0.05, 0.1) is 11.4 Å². The topological polar surface area (TPSA) is 65.3 Å². The Hall–Kier alpha value is -2.73. The van der Waals surface area contributed by atoms with Crippen molar-refractivity contribution in [2.24, 2.45) is 10.3 Å². The molecule has 0 spiro atoms. The molecule has 2 aliphatic heterocycles. The highest BCUT2D eigenvalue weighted by molar-refractivity contribution is 6.32. The molecule has 4 rings (SSSR count). The molecule has 2 aromatic carbocycles. The van der Waals surface area contributed by atoms with Gasteiger partial charge in [0.1, 0.15) is 0 Å². The Morgan fingerprint density at radius 3 is 2.46 bits per heavy atom. The molecule has 120 valence electrons. The second-order valence-electron chi connectivity index (χ2n) is 5.72. The molecule has 0 aliphatic carbocycles. The van der Waals surface area contributed by atoms with Crippen molar-refractivity contribution >= 4 is 34.8 Å². The molecule has 2 unspecified atom stereocenters. The average molecular weight is 341 g/mol. The van der Waals surface area contributed by atoms with Crippen molar-refractivity contribution < 1.29 is 9.59 Å². The number of amides is 2. The quantitative estimate of drug-likeness (QED) is 0.789. The summed E-state index contributed by atoms with van der Waals surface area (Å²) >= 11 is 6.13. The number of halogens is 1. The molecule has 2 heterocycles. The van der Waals surface area contributed by atoms with Gasteiger partial charge in [-0.15, -0.1) is 0 Å². The third kappa shape index (κ3) is 2.11. The zero-order chi connectivity index (χ0) is 16.8. The van der Waals surface area contributed by atoms with Crippen LogP contribution in [0.5, 0.6) is 0 Å². The number of carbonyl (C=O) groups excluding carboxylic acids is 2. The summed E-state index contributed by atoms with van der Waals surface area (Å²) in [4.78, 5) is 26.7. The Kier molecular flexibility index (Phi) is 3.35. The maximum Gasteiger partial charge on any atom is 0.263 e. The summed E-state index contributed by atoms with van der Waals surface area (Å²) in [5, 5.41) is 10.0. The van der Waals surface area contributed by atoms with Crippen molar-refractivity contribution in [3.8, 4) is 0 Å². The van der Waals surface area contributed by atoms with Gasteiger partial charge in [-0.1, -0.05) is 41.1 Å². The molecule has 1 fully saturated rings. The number of aryl methyl sites for hydroxylation is 1. The Bertz CT molecular complexity index is 868. The number of hydrogen-bond acceptors (Lipinski definition) is 5. The van der Waals surface area contributed by atoms with Gasteiger partial charge in [0.25, 0.3) is 11.8 Å². The highest BCUT2D eigenvalue weighted by Crippen LogP contribution is 2.35. The lowest BCUT2D eigenvalue weighted by molar-refractivity contribution is -0.121. The number of rotatable bonds is 2. The fourth-order valence-electron chi connectivity index (χ4n) is 2.93. The van der Waals surface area contributed by atoms with Crippen molar-refractivity contribution in [3.05, 3.63) is 59.1 Å². The standard InChI is InChI=1S/C17H13ClN4O2/c1-10-7-8-12(9-13(10)18)21-16(23)14-15(17(21)24)22(20-19-14)11-5-3-2-4-6-11/h2-9,14-15H,1H3. The van der Waals surface area contributed by atoms with Crippen LogP contribution in [-0.2, 0) is 9.59 Å². The van der Waals surface area contributed by atoms with E-state index in [1.807, 2.05) is 37.3 Å². The Balaban J connectivity index is 1.72. The summed E-state index contributed by atoms with van der Waals surface area (Å²) in [5.41, 5.74) is 2.06. The molecule has 7 heteroatoms. The minimum atomic E-state index is -0.821. The lowest BCUT2D eigenvalue weighted by atomic mass is 10.1. The Morgan fingerprint density at radius 2 is 1.75 bits per heavy atom. The van der Waals surface area contributed by atoms with E-state index >= 15 is 0 Å². The van der Waals surface area contributed by atoms with Gasteiger partial charge in [0.15, 0.2) is 12.1 Å². The van der Waals surface area contributed by atoms with Gasteiger partial charge in [-0.2, -0.15) is 5.11 Å². The summed E-state index contributed by atoms with van der Waals surface area (Å²) in [7, 11) is 0. The zero-order valence-electron chi connectivity index (χ0n) is 12.8. The van der Waals surface area contributed by atoms with Crippen molar-refractivity contribution in [1.82, 2.24) is 0 Å². The van der Waals surface area contributed by atoms with Gasteiger partial charge in [-0.25, -0.2) is 9.91 Å². The first-order valence-electron chi connectivity index (χ1n) is 7.47. The van der Waals surface area contributed by atoms with E-state index in [4.69, 9.17) is 11.6 Å². The van der Waals surface area contributed by atoms with Gasteiger partial charge in [0.2, 0.25) is 0 Å². The number of nitrogens with zero attached hydrogens (tertiary/aromatic N) is 4. The predicted molar refractivity (Wildman–Crippen MR) is 90.0 cm³/mol. The van der Waals surface area contributed by atoms with Crippen molar-refractivity contribution in [2.75, 3.05) is 9.91 Å². The van der Waals surface area contributed by atoms with Gasteiger partial charge in [0, 0.05) is 5.02 Å². The number of anilines is 2. The fraction of sp³-hybridized carbons (Fsp3) is 0.176. The first-order valence-corrected chi connectivity index (χ1v) is 7.85. The van der Waals surface area contributed by atoms with Crippen LogP contribution in [0, 0.1) is 6.92 Å².